The number of esters is 1. The maximum absolute atomic E-state index is 12.6. The molecule has 0 aliphatic carbocycles. The van der Waals surface area contributed by atoms with Gasteiger partial charge in [-0.2, -0.15) is 0 Å². The lowest BCUT2D eigenvalue weighted by Crippen LogP contribution is -2.23. The van der Waals surface area contributed by atoms with Crippen molar-refractivity contribution in [2.45, 2.75) is 58.9 Å². The molecule has 1 aromatic carbocycles. The molecule has 0 bridgehead atoms. The molecule has 3 atom stereocenters. The summed E-state index contributed by atoms with van der Waals surface area (Å²) in [5.41, 5.74) is 7.58. The van der Waals surface area contributed by atoms with E-state index in [1.54, 1.807) is 42.9 Å². The van der Waals surface area contributed by atoms with Gasteiger partial charge in [-0.05, 0) is 44.4 Å². The Kier molecular flexibility index (Phi) is 13.3. The first-order valence-electron chi connectivity index (χ1n) is 12.7. The number of aliphatic carboxylic acids is 2. The number of rotatable bonds is 14. The Morgan fingerprint density at radius 3 is 2.38 bits per heavy atom. The van der Waals surface area contributed by atoms with E-state index in [9.17, 15) is 18.9 Å². The van der Waals surface area contributed by atoms with Crippen LogP contribution in [0.2, 0.25) is 0 Å². The first-order chi connectivity index (χ1) is 19.8. The van der Waals surface area contributed by atoms with Crippen molar-refractivity contribution in [1.29, 1.82) is 0 Å². The van der Waals surface area contributed by atoms with Crippen molar-refractivity contribution in [3.63, 3.8) is 0 Å². The van der Waals surface area contributed by atoms with E-state index in [1.807, 2.05) is 19.9 Å². The monoisotopic (exact) mass is 605 g/mol. The molecular formula is C26H34N6O9P+. The van der Waals surface area contributed by atoms with Gasteiger partial charge in [0.25, 0.3) is 6.35 Å². The van der Waals surface area contributed by atoms with E-state index in [0.29, 0.717) is 47.1 Å². The number of imidazole rings is 1. The van der Waals surface area contributed by atoms with E-state index in [4.69, 9.17) is 29.9 Å². The minimum Gasteiger partial charge on any atom is -0.478 e. The van der Waals surface area contributed by atoms with E-state index in [0.717, 1.165) is 0 Å². The van der Waals surface area contributed by atoms with Gasteiger partial charge in [0.15, 0.2) is 11.5 Å². The zero-order valence-electron chi connectivity index (χ0n) is 23.5. The largest absolute Gasteiger partial charge is 0.585 e. The molecule has 0 aliphatic rings. The Labute approximate surface area is 242 Å². The van der Waals surface area contributed by atoms with Gasteiger partial charge in [0.1, 0.15) is 11.8 Å². The molecule has 0 radical (unpaired) electrons. The van der Waals surface area contributed by atoms with E-state index >= 15 is 0 Å². The van der Waals surface area contributed by atoms with Crippen molar-refractivity contribution in [3.8, 4) is 5.75 Å². The van der Waals surface area contributed by atoms with Gasteiger partial charge in [-0.25, -0.2) is 24.5 Å². The van der Waals surface area contributed by atoms with Crippen LogP contribution in [0.15, 0.2) is 49.1 Å². The van der Waals surface area contributed by atoms with Crippen LogP contribution in [0.4, 0.5) is 11.5 Å². The molecule has 16 heteroatoms. The Hall–Kier alpha value is -4.62. The van der Waals surface area contributed by atoms with Crippen molar-refractivity contribution in [3.05, 3.63) is 49.1 Å². The molecule has 0 spiro atoms. The van der Waals surface area contributed by atoms with Crippen LogP contribution in [0.1, 0.15) is 34.1 Å². The Bertz CT molecular complexity index is 1400. The van der Waals surface area contributed by atoms with Gasteiger partial charge in [0.05, 0.1) is 37.2 Å². The summed E-state index contributed by atoms with van der Waals surface area (Å²) in [5, 5.41) is 18.8. The summed E-state index contributed by atoms with van der Waals surface area (Å²) in [6, 6.07) is 6.91. The highest BCUT2D eigenvalue weighted by molar-refractivity contribution is 7.39. The molecule has 15 nitrogen and oxygen atoms in total. The number of carboxylic acids is 2. The molecule has 0 saturated carbocycles. The van der Waals surface area contributed by atoms with Crippen LogP contribution < -0.4 is 15.6 Å². The molecule has 3 aromatic rings. The number of benzene rings is 1. The number of para-hydroxylation sites is 2. The van der Waals surface area contributed by atoms with Crippen LogP contribution in [0, 0.1) is 0 Å². The molecule has 3 unspecified atom stereocenters. The van der Waals surface area contributed by atoms with Crippen molar-refractivity contribution in [2.24, 2.45) is 0 Å². The van der Waals surface area contributed by atoms with Gasteiger partial charge < -0.3 is 35.3 Å². The van der Waals surface area contributed by atoms with Crippen molar-refractivity contribution in [2.75, 3.05) is 17.4 Å². The number of nitrogens with two attached hydrogens (primary N) is 1. The quantitative estimate of drug-likeness (QED) is 0.118. The summed E-state index contributed by atoms with van der Waals surface area (Å²) in [7, 11) is -2.14. The summed E-state index contributed by atoms with van der Waals surface area (Å²) >= 11 is 0. The Morgan fingerprint density at radius 2 is 1.74 bits per heavy atom. The second kappa shape index (κ2) is 16.6. The zero-order chi connectivity index (χ0) is 31.2. The average Bonchev–Trinajstić information content (AvgIpc) is 3.31. The molecule has 0 fully saturated rings. The Morgan fingerprint density at radius 1 is 1.07 bits per heavy atom. The smallest absolute Gasteiger partial charge is 0.478 e. The highest BCUT2D eigenvalue weighted by Crippen LogP contribution is 2.34. The lowest BCUT2D eigenvalue weighted by Gasteiger charge is -2.16. The van der Waals surface area contributed by atoms with Crippen LogP contribution in [-0.4, -0.2) is 72.2 Å². The standard InChI is InChI=1S/C22H30N6O5P.C4H4O4/c1-14(2)32-19(29)9-15(3)27-17-7-5-6-8-18(17)33-34(30)13-31-16(4)10-28-12-26-20-21(23)24-11-25-22(20)28;5-3(6)1-2-4(7)8/h5-8,11-12,14-16,27H,9-10,13H2,1-4H3,(H2,23,24,25);1-2H,(H,5,6)(H,7,8)/q+1;. The number of aromatic nitrogens is 4. The molecule has 5 N–H and O–H groups in total. The highest BCUT2D eigenvalue weighted by atomic mass is 31.1. The van der Waals surface area contributed by atoms with Gasteiger partial charge in [-0.1, -0.05) is 12.1 Å². The normalized spacial score (nSPS) is 12.7. The molecule has 3 rings (SSSR count). The van der Waals surface area contributed by atoms with Crippen molar-refractivity contribution >= 4 is 48.6 Å². The fourth-order valence-electron chi connectivity index (χ4n) is 3.37. The number of fused-ring (bicyclic) bond motifs is 1. The van der Waals surface area contributed by atoms with Gasteiger partial charge in [-0.3, -0.25) is 9.32 Å². The number of hydrogen-bond acceptors (Lipinski definition) is 12. The molecule has 0 amide bonds. The maximum Gasteiger partial charge on any atom is 0.585 e. The lowest BCUT2D eigenvalue weighted by atomic mass is 10.2. The van der Waals surface area contributed by atoms with Crippen LogP contribution in [0.3, 0.4) is 0 Å². The molecule has 2 aromatic heterocycles. The number of carbonyl (C=O) groups excluding carboxylic acids is 1. The minimum absolute atomic E-state index is 0.0924. The first kappa shape index (κ1) is 33.6. The lowest BCUT2D eigenvalue weighted by molar-refractivity contribution is -0.147. The summed E-state index contributed by atoms with van der Waals surface area (Å²) < 4.78 is 30.9. The molecule has 0 aliphatic heterocycles. The number of ether oxygens (including phenoxy) is 2. The zero-order valence-corrected chi connectivity index (χ0v) is 24.4. The van der Waals surface area contributed by atoms with Crippen LogP contribution in [0.5, 0.6) is 5.75 Å². The third kappa shape index (κ3) is 11.9. The maximum atomic E-state index is 12.6. The summed E-state index contributed by atoms with van der Waals surface area (Å²) in [4.78, 5) is 43.4. The molecule has 0 saturated heterocycles. The molecule has 226 valence electrons. The van der Waals surface area contributed by atoms with Crippen LogP contribution in [-0.2, 0) is 35.0 Å². The minimum atomic E-state index is -2.14. The molecule has 42 heavy (non-hydrogen) atoms. The van der Waals surface area contributed by atoms with Gasteiger partial charge >= 0.3 is 25.9 Å². The molecular weight excluding hydrogens is 571 g/mol. The number of nitrogens with zero attached hydrogens (tertiary/aromatic N) is 4. The fraction of sp³-hybridized carbons (Fsp3) is 0.385. The summed E-state index contributed by atoms with van der Waals surface area (Å²) in [6.45, 7) is 7.77. The number of carboxylic acid groups (broad SMARTS) is 2. The molecule has 2 heterocycles. The summed E-state index contributed by atoms with van der Waals surface area (Å²) in [6.07, 6.45) is 3.77. The number of hydrogen-bond donors (Lipinski definition) is 4. The predicted molar refractivity (Wildman–Crippen MR) is 153 cm³/mol. The number of carbonyl (C=O) groups is 3. The van der Waals surface area contributed by atoms with Crippen molar-refractivity contribution in [1.82, 2.24) is 19.5 Å². The van der Waals surface area contributed by atoms with Crippen LogP contribution in [0.25, 0.3) is 11.2 Å². The average molecular weight is 606 g/mol. The van der Waals surface area contributed by atoms with Gasteiger partial charge in [0, 0.05) is 18.2 Å². The third-order valence-electron chi connectivity index (χ3n) is 5.05. The van der Waals surface area contributed by atoms with Crippen LogP contribution >= 0.6 is 8.03 Å². The summed E-state index contributed by atoms with van der Waals surface area (Å²) in [5.74, 6) is -2.08. The number of nitrogen functional groups attached to an aromatic ring is 1. The second-order valence-corrected chi connectivity index (χ2v) is 10.3. The topological polar surface area (TPSA) is 218 Å². The van der Waals surface area contributed by atoms with E-state index in [-0.39, 0.29) is 37.0 Å². The number of anilines is 2. The van der Waals surface area contributed by atoms with Gasteiger partial charge in [-0.15, -0.1) is 0 Å². The van der Waals surface area contributed by atoms with Crippen molar-refractivity contribution < 1.29 is 43.2 Å². The predicted octanol–water partition coefficient (Wildman–Crippen LogP) is 3.45. The second-order valence-electron chi connectivity index (χ2n) is 9.15. The van der Waals surface area contributed by atoms with Gasteiger partial charge in [0.2, 0.25) is 5.75 Å². The van der Waals surface area contributed by atoms with E-state index < -0.39 is 20.0 Å². The van der Waals surface area contributed by atoms with E-state index in [2.05, 4.69) is 20.3 Å². The third-order valence-corrected chi connectivity index (χ3v) is 5.81. The number of nitrogens with one attached hydrogen (secondary N) is 1. The first-order valence-corrected chi connectivity index (χ1v) is 14.1. The Balaban J connectivity index is 0.000000675. The van der Waals surface area contributed by atoms with E-state index in [1.165, 1.54) is 6.33 Å². The SMILES string of the molecule is CC(CC(=O)OC(C)C)Nc1ccccc1O[P+](=O)COC(C)Cn1cnc2c(N)ncnc21.O=C(O)C=CC(=O)O. The highest BCUT2D eigenvalue weighted by Gasteiger charge is 2.24. The fourth-order valence-corrected chi connectivity index (χ4v) is 4.18.